The zero-order chi connectivity index (χ0) is 13.1. The number of nitriles is 1. The van der Waals surface area contributed by atoms with Gasteiger partial charge >= 0.3 is 0 Å². The fraction of sp³-hybridized carbons (Fsp3) is 0.0833. The molecule has 2 aromatic rings. The summed E-state index contributed by atoms with van der Waals surface area (Å²) in [5, 5.41) is 11.6. The van der Waals surface area contributed by atoms with Crippen LogP contribution in [-0.4, -0.2) is 9.97 Å². The Morgan fingerprint density at radius 1 is 1.44 bits per heavy atom. The Bertz CT molecular complexity index is 636. The molecule has 0 aliphatic heterocycles. The van der Waals surface area contributed by atoms with E-state index in [9.17, 15) is 4.39 Å². The molecule has 18 heavy (non-hydrogen) atoms. The number of hydrogen-bond acceptors (Lipinski definition) is 4. The summed E-state index contributed by atoms with van der Waals surface area (Å²) in [6, 6.07) is 6.42. The summed E-state index contributed by atoms with van der Waals surface area (Å²) in [6.45, 7) is 1.83. The first kappa shape index (κ1) is 12.5. The van der Waals surface area contributed by atoms with Crippen LogP contribution >= 0.6 is 15.9 Å². The fourth-order valence-corrected chi connectivity index (χ4v) is 1.84. The molecule has 1 aromatic carbocycles. The predicted octanol–water partition coefficient (Wildman–Crippen LogP) is 3.30. The van der Waals surface area contributed by atoms with Crippen LogP contribution < -0.4 is 5.32 Å². The summed E-state index contributed by atoms with van der Waals surface area (Å²) in [6.07, 6.45) is 1.47. The number of aromatic nitrogens is 2. The second kappa shape index (κ2) is 5.10. The molecule has 4 nitrogen and oxygen atoms in total. The molecule has 6 heteroatoms. The molecule has 0 aliphatic carbocycles. The summed E-state index contributed by atoms with van der Waals surface area (Å²) in [5.41, 5.74) is 1.66. The highest BCUT2D eigenvalue weighted by Gasteiger charge is 2.07. The molecule has 2 rings (SSSR count). The van der Waals surface area contributed by atoms with Gasteiger partial charge in [0.05, 0.1) is 4.47 Å². The zero-order valence-electron chi connectivity index (χ0n) is 9.41. The van der Waals surface area contributed by atoms with Crippen LogP contribution in [0, 0.1) is 24.1 Å². The third-order valence-corrected chi connectivity index (χ3v) is 2.89. The van der Waals surface area contributed by atoms with Crippen molar-refractivity contribution in [3.05, 3.63) is 45.9 Å². The van der Waals surface area contributed by atoms with E-state index in [1.165, 1.54) is 18.3 Å². The smallest absolute Gasteiger partial charge is 0.228 e. The largest absolute Gasteiger partial charge is 0.324 e. The molecule has 0 atom stereocenters. The molecule has 0 aliphatic rings. The van der Waals surface area contributed by atoms with Crippen LogP contribution in [0.25, 0.3) is 0 Å². The number of rotatable bonds is 2. The number of halogens is 2. The lowest BCUT2D eigenvalue weighted by Crippen LogP contribution is -2.00. The Morgan fingerprint density at radius 3 is 2.94 bits per heavy atom. The number of hydrogen-bond donors (Lipinski definition) is 1. The van der Waals surface area contributed by atoms with Gasteiger partial charge in [0.1, 0.15) is 17.6 Å². The normalized spacial score (nSPS) is 9.89. The van der Waals surface area contributed by atoms with Gasteiger partial charge in [0.15, 0.2) is 0 Å². The van der Waals surface area contributed by atoms with Gasteiger partial charge in [-0.05, 0) is 46.6 Å². The third-order valence-electron chi connectivity index (χ3n) is 2.28. The monoisotopic (exact) mass is 306 g/mol. The summed E-state index contributed by atoms with van der Waals surface area (Å²) >= 11 is 3.11. The van der Waals surface area contributed by atoms with Crippen LogP contribution in [0.2, 0.25) is 0 Å². The van der Waals surface area contributed by atoms with Crippen molar-refractivity contribution in [3.8, 4) is 6.07 Å². The lowest BCUT2D eigenvalue weighted by atomic mass is 10.2. The second-order valence-electron chi connectivity index (χ2n) is 3.58. The molecular formula is C12H8BrFN4. The van der Waals surface area contributed by atoms with Crippen LogP contribution in [0.1, 0.15) is 11.3 Å². The molecular weight excluding hydrogens is 299 g/mol. The van der Waals surface area contributed by atoms with Crippen LogP contribution in [0.15, 0.2) is 28.9 Å². The molecule has 1 N–H and O–H groups in total. The standard InChI is InChI=1S/C12H8BrFN4/c1-7-4-9(13)10(14)5-11(7)18-12-16-3-2-8(6-15)17-12/h2-5H,1H3,(H,16,17,18). The average molecular weight is 307 g/mol. The molecule has 90 valence electrons. The van der Waals surface area contributed by atoms with E-state index >= 15 is 0 Å². The van der Waals surface area contributed by atoms with Crippen molar-refractivity contribution >= 4 is 27.6 Å². The van der Waals surface area contributed by atoms with E-state index in [0.29, 0.717) is 10.2 Å². The van der Waals surface area contributed by atoms with E-state index in [4.69, 9.17) is 5.26 Å². The first-order valence-electron chi connectivity index (χ1n) is 5.06. The quantitative estimate of drug-likeness (QED) is 0.924. The zero-order valence-corrected chi connectivity index (χ0v) is 11.0. The third kappa shape index (κ3) is 2.63. The van der Waals surface area contributed by atoms with Crippen molar-refractivity contribution in [2.24, 2.45) is 0 Å². The van der Waals surface area contributed by atoms with Gasteiger partial charge in [0.25, 0.3) is 0 Å². The average Bonchev–Trinajstić information content (AvgIpc) is 2.36. The van der Waals surface area contributed by atoms with Crippen molar-refractivity contribution < 1.29 is 4.39 Å². The number of anilines is 2. The van der Waals surface area contributed by atoms with E-state index in [0.717, 1.165) is 5.56 Å². The lowest BCUT2D eigenvalue weighted by molar-refractivity contribution is 0.621. The van der Waals surface area contributed by atoms with E-state index < -0.39 is 0 Å². The molecule has 0 unspecified atom stereocenters. The first-order chi connectivity index (χ1) is 8.60. The SMILES string of the molecule is Cc1cc(Br)c(F)cc1Nc1nccc(C#N)n1. The highest BCUT2D eigenvalue weighted by atomic mass is 79.9. The van der Waals surface area contributed by atoms with Crippen molar-refractivity contribution in [2.75, 3.05) is 5.32 Å². The van der Waals surface area contributed by atoms with Crippen LogP contribution in [0.5, 0.6) is 0 Å². The summed E-state index contributed by atoms with van der Waals surface area (Å²) in [5.74, 6) is -0.113. The van der Waals surface area contributed by atoms with Gasteiger partial charge in [0.2, 0.25) is 5.95 Å². The Hall–Kier alpha value is -2.00. The van der Waals surface area contributed by atoms with Crippen LogP contribution in [0.3, 0.4) is 0 Å². The van der Waals surface area contributed by atoms with Crippen LogP contribution in [-0.2, 0) is 0 Å². The van der Waals surface area contributed by atoms with Crippen molar-refractivity contribution in [2.45, 2.75) is 6.92 Å². The topological polar surface area (TPSA) is 61.6 Å². The van der Waals surface area contributed by atoms with Crippen LogP contribution in [0.4, 0.5) is 16.0 Å². The maximum Gasteiger partial charge on any atom is 0.228 e. The highest BCUT2D eigenvalue weighted by Crippen LogP contribution is 2.25. The minimum Gasteiger partial charge on any atom is -0.324 e. The summed E-state index contributed by atoms with van der Waals surface area (Å²) in [7, 11) is 0. The minimum atomic E-state index is -0.375. The van der Waals surface area contributed by atoms with Gasteiger partial charge in [-0.3, -0.25) is 0 Å². The molecule has 0 fully saturated rings. The van der Waals surface area contributed by atoms with E-state index in [-0.39, 0.29) is 17.5 Å². The molecule has 0 saturated heterocycles. The Balaban J connectivity index is 2.34. The van der Waals surface area contributed by atoms with Gasteiger partial charge in [0, 0.05) is 11.9 Å². The first-order valence-corrected chi connectivity index (χ1v) is 5.85. The fourth-order valence-electron chi connectivity index (χ4n) is 1.38. The van der Waals surface area contributed by atoms with E-state index in [1.807, 2.05) is 13.0 Å². The Labute approximate surface area is 112 Å². The van der Waals surface area contributed by atoms with Gasteiger partial charge in [-0.1, -0.05) is 0 Å². The molecule has 0 spiro atoms. The maximum absolute atomic E-state index is 13.4. The molecule has 0 radical (unpaired) electrons. The Kier molecular flexibility index (Phi) is 3.53. The molecule has 0 bridgehead atoms. The van der Waals surface area contributed by atoms with Gasteiger partial charge in [-0.2, -0.15) is 5.26 Å². The molecule has 1 aromatic heterocycles. The minimum absolute atomic E-state index is 0.253. The highest BCUT2D eigenvalue weighted by molar-refractivity contribution is 9.10. The summed E-state index contributed by atoms with van der Waals surface area (Å²) in [4.78, 5) is 7.93. The van der Waals surface area contributed by atoms with Crippen molar-refractivity contribution in [1.82, 2.24) is 9.97 Å². The molecule has 0 saturated carbocycles. The van der Waals surface area contributed by atoms with Gasteiger partial charge < -0.3 is 5.32 Å². The molecule has 0 amide bonds. The maximum atomic E-state index is 13.4. The lowest BCUT2D eigenvalue weighted by Gasteiger charge is -2.09. The number of benzene rings is 1. The number of nitrogens with one attached hydrogen (secondary N) is 1. The van der Waals surface area contributed by atoms with Gasteiger partial charge in [-0.15, -0.1) is 0 Å². The number of aryl methyl sites for hydroxylation is 1. The summed E-state index contributed by atoms with van der Waals surface area (Å²) < 4.78 is 13.8. The Morgan fingerprint density at radius 2 is 2.22 bits per heavy atom. The van der Waals surface area contributed by atoms with E-state index in [2.05, 4.69) is 31.2 Å². The second-order valence-corrected chi connectivity index (χ2v) is 4.44. The van der Waals surface area contributed by atoms with E-state index in [1.54, 1.807) is 6.07 Å². The number of nitrogens with zero attached hydrogens (tertiary/aromatic N) is 3. The predicted molar refractivity (Wildman–Crippen MR) is 68.9 cm³/mol. The van der Waals surface area contributed by atoms with Crippen molar-refractivity contribution in [3.63, 3.8) is 0 Å². The van der Waals surface area contributed by atoms with Crippen molar-refractivity contribution in [1.29, 1.82) is 5.26 Å². The van der Waals surface area contributed by atoms with Gasteiger partial charge in [-0.25, -0.2) is 14.4 Å². The molecule has 1 heterocycles.